The van der Waals surface area contributed by atoms with Gasteiger partial charge in [-0.05, 0) is 51.3 Å². The fraction of sp³-hybridized carbons (Fsp3) is 0.522. The number of imidazole rings is 1. The second-order valence-electron chi connectivity index (χ2n) is 9.88. The highest BCUT2D eigenvalue weighted by atomic mass is 35.5. The quantitative estimate of drug-likeness (QED) is 0.570. The Kier molecular flexibility index (Phi) is 6.44. The van der Waals surface area contributed by atoms with Gasteiger partial charge in [-0.25, -0.2) is 13.4 Å². The van der Waals surface area contributed by atoms with Gasteiger partial charge in [0, 0.05) is 24.7 Å². The number of nitrogens with zero attached hydrogens (tertiary/aromatic N) is 3. The van der Waals surface area contributed by atoms with E-state index in [4.69, 9.17) is 11.6 Å². The molecule has 1 aliphatic carbocycles. The van der Waals surface area contributed by atoms with E-state index in [2.05, 4.69) is 10.3 Å². The average molecular weight is 547 g/mol. The summed E-state index contributed by atoms with van der Waals surface area (Å²) in [5, 5.41) is 3.30. The van der Waals surface area contributed by atoms with Gasteiger partial charge in [-0.1, -0.05) is 23.7 Å². The first-order valence-electron chi connectivity index (χ1n) is 11.3. The molecule has 1 atom stereocenters. The zero-order chi connectivity index (χ0) is 26.7. The van der Waals surface area contributed by atoms with Crippen molar-refractivity contribution in [1.29, 1.82) is 0 Å². The number of nitrogens with one attached hydrogen (secondary N) is 1. The minimum atomic E-state index is -4.95. The van der Waals surface area contributed by atoms with E-state index in [0.29, 0.717) is 18.9 Å². The van der Waals surface area contributed by atoms with E-state index in [1.165, 1.54) is 15.7 Å². The Morgan fingerprint density at radius 2 is 1.83 bits per heavy atom. The molecule has 0 bridgehead atoms. The number of sulfone groups is 1. The maximum Gasteiger partial charge on any atom is 0.407 e. The Balaban J connectivity index is 1.52. The van der Waals surface area contributed by atoms with Gasteiger partial charge in [0.1, 0.15) is 5.69 Å². The Hall–Kier alpha value is -2.60. The monoisotopic (exact) mass is 546 g/mol. The maximum atomic E-state index is 13.6. The van der Waals surface area contributed by atoms with Gasteiger partial charge in [-0.3, -0.25) is 9.59 Å². The molecule has 0 radical (unpaired) electrons. The van der Waals surface area contributed by atoms with Gasteiger partial charge in [0.25, 0.3) is 11.8 Å². The highest BCUT2D eigenvalue weighted by molar-refractivity contribution is 7.94. The Morgan fingerprint density at radius 1 is 1.22 bits per heavy atom. The van der Waals surface area contributed by atoms with Crippen molar-refractivity contribution in [3.8, 4) is 0 Å². The van der Waals surface area contributed by atoms with Gasteiger partial charge in [0.05, 0.1) is 17.0 Å². The van der Waals surface area contributed by atoms with Crippen molar-refractivity contribution in [3.63, 3.8) is 0 Å². The molecule has 2 aliphatic rings. The largest absolute Gasteiger partial charge is 0.407 e. The first-order chi connectivity index (χ1) is 16.6. The predicted octanol–water partition coefficient (Wildman–Crippen LogP) is 3.77. The topological polar surface area (TPSA) is 101 Å². The summed E-state index contributed by atoms with van der Waals surface area (Å²) in [4.78, 5) is 31.4. The molecule has 196 valence electrons. The molecule has 2 amide bonds. The zero-order valence-corrected chi connectivity index (χ0v) is 21.5. The molecule has 36 heavy (non-hydrogen) atoms. The first-order valence-corrected chi connectivity index (χ1v) is 13.2. The summed E-state index contributed by atoms with van der Waals surface area (Å²) in [6.07, 6.45) is -3.63. The number of benzene rings is 1. The van der Waals surface area contributed by atoms with E-state index in [1.807, 2.05) is 0 Å². The fourth-order valence-electron chi connectivity index (χ4n) is 4.47. The number of carbonyl (C=O) groups excluding carboxylic acids is 2. The maximum absolute atomic E-state index is 13.6. The SMILES string of the molecule is C[C@@H]1CN(CC2(S(=O)(=O)C(C)(C)C(F)(F)F)CC2)C(=O)c2cnc(C(=O)NCc3ccc(Cl)cc3)n21. The summed E-state index contributed by atoms with van der Waals surface area (Å²) in [6, 6.07) is 6.45. The van der Waals surface area contributed by atoms with Crippen molar-refractivity contribution in [2.45, 2.75) is 61.9 Å². The van der Waals surface area contributed by atoms with E-state index >= 15 is 0 Å². The van der Waals surface area contributed by atoms with Crippen LogP contribution in [-0.4, -0.2) is 63.4 Å². The predicted molar refractivity (Wildman–Crippen MR) is 126 cm³/mol. The molecule has 1 aromatic heterocycles. The summed E-state index contributed by atoms with van der Waals surface area (Å²) in [5.41, 5.74) is 0.889. The minimum Gasteiger partial charge on any atom is -0.345 e. The van der Waals surface area contributed by atoms with Crippen molar-refractivity contribution in [3.05, 3.63) is 52.6 Å². The van der Waals surface area contributed by atoms with Gasteiger partial charge in [0.2, 0.25) is 0 Å². The number of alkyl halides is 3. The van der Waals surface area contributed by atoms with Crippen LogP contribution >= 0.6 is 11.6 Å². The third-order valence-corrected chi connectivity index (χ3v) is 10.5. The van der Waals surface area contributed by atoms with E-state index in [9.17, 15) is 31.2 Å². The van der Waals surface area contributed by atoms with Crippen molar-refractivity contribution in [2.75, 3.05) is 13.1 Å². The molecule has 2 aromatic rings. The standard InChI is InChI=1S/C23H26ClF3N4O4S/c1-14-12-30(13-22(8-9-22)36(34,35)21(2,3)23(25,26)27)20(33)17-11-28-18(31(14)17)19(32)29-10-15-4-6-16(24)7-5-15/h4-7,11,14H,8-10,12-13H2,1-3H3,(H,29,32)/t14-/m1/s1. The lowest BCUT2D eigenvalue weighted by atomic mass is 10.1. The minimum absolute atomic E-state index is 0.0198. The lowest BCUT2D eigenvalue weighted by molar-refractivity contribution is -0.153. The normalized spacial score (nSPS) is 19.7. The summed E-state index contributed by atoms with van der Waals surface area (Å²) in [5.74, 6) is -1.06. The van der Waals surface area contributed by atoms with Crippen LogP contribution in [0.15, 0.2) is 30.5 Å². The summed E-state index contributed by atoms with van der Waals surface area (Å²) in [6.45, 7) is 2.95. The number of hydrogen-bond acceptors (Lipinski definition) is 5. The van der Waals surface area contributed by atoms with E-state index in [0.717, 1.165) is 5.56 Å². The second kappa shape index (κ2) is 8.76. The highest BCUT2D eigenvalue weighted by Crippen LogP contribution is 2.53. The van der Waals surface area contributed by atoms with Gasteiger partial charge in [-0.15, -0.1) is 0 Å². The number of halogens is 4. The van der Waals surface area contributed by atoms with Crippen LogP contribution in [0.1, 0.15) is 66.3 Å². The molecular weight excluding hydrogens is 521 g/mol. The number of aromatic nitrogens is 2. The van der Waals surface area contributed by atoms with Crippen LogP contribution < -0.4 is 5.32 Å². The number of fused-ring (bicyclic) bond motifs is 1. The molecule has 1 saturated carbocycles. The molecule has 4 rings (SSSR count). The molecule has 0 saturated heterocycles. The lowest BCUT2D eigenvalue weighted by Crippen LogP contribution is -2.56. The van der Waals surface area contributed by atoms with E-state index in [-0.39, 0.29) is 44.0 Å². The third kappa shape index (κ3) is 4.27. The zero-order valence-electron chi connectivity index (χ0n) is 19.9. The Bertz CT molecular complexity index is 1300. The van der Waals surface area contributed by atoms with Gasteiger partial charge in [0.15, 0.2) is 20.4 Å². The molecule has 2 heterocycles. The van der Waals surface area contributed by atoms with E-state index < -0.39 is 43.4 Å². The number of hydrogen-bond donors (Lipinski definition) is 1. The van der Waals surface area contributed by atoms with Crippen LogP contribution in [0, 0.1) is 0 Å². The van der Waals surface area contributed by atoms with Crippen LogP contribution in [-0.2, 0) is 16.4 Å². The molecule has 13 heteroatoms. The Labute approximate surface area is 211 Å². The number of carbonyl (C=O) groups is 2. The smallest absolute Gasteiger partial charge is 0.345 e. The molecule has 0 spiro atoms. The van der Waals surface area contributed by atoms with E-state index in [1.54, 1.807) is 31.2 Å². The van der Waals surface area contributed by atoms with Crippen LogP contribution in [0.25, 0.3) is 0 Å². The molecule has 1 aliphatic heterocycles. The molecule has 0 unspecified atom stereocenters. The van der Waals surface area contributed by atoms with Crippen LogP contribution in [0.3, 0.4) is 0 Å². The molecule has 1 aromatic carbocycles. The summed E-state index contributed by atoms with van der Waals surface area (Å²) < 4.78 is 63.7. The Morgan fingerprint density at radius 3 is 2.39 bits per heavy atom. The lowest BCUT2D eigenvalue weighted by Gasteiger charge is -2.38. The van der Waals surface area contributed by atoms with Gasteiger partial charge >= 0.3 is 6.18 Å². The highest BCUT2D eigenvalue weighted by Gasteiger charge is 2.68. The van der Waals surface area contributed by atoms with Crippen molar-refractivity contribution < 1.29 is 31.2 Å². The van der Waals surface area contributed by atoms with Crippen molar-refractivity contribution in [1.82, 2.24) is 19.8 Å². The van der Waals surface area contributed by atoms with Crippen molar-refractivity contribution in [2.24, 2.45) is 0 Å². The molecule has 1 fully saturated rings. The first kappa shape index (κ1) is 26.5. The average Bonchev–Trinajstić information content (AvgIpc) is 3.44. The van der Waals surface area contributed by atoms with Gasteiger partial charge in [-0.2, -0.15) is 13.2 Å². The number of rotatable bonds is 7. The van der Waals surface area contributed by atoms with Crippen LogP contribution in [0.5, 0.6) is 0 Å². The molecular formula is C23H26ClF3N4O4S. The van der Waals surface area contributed by atoms with Gasteiger partial charge < -0.3 is 14.8 Å². The fourth-order valence-corrected chi connectivity index (χ4v) is 6.95. The van der Waals surface area contributed by atoms with Crippen molar-refractivity contribution >= 4 is 33.3 Å². The number of amides is 2. The molecule has 8 nitrogen and oxygen atoms in total. The second-order valence-corrected chi connectivity index (χ2v) is 13.2. The van der Waals surface area contributed by atoms with Crippen LogP contribution in [0.2, 0.25) is 5.02 Å². The summed E-state index contributed by atoms with van der Waals surface area (Å²) in [7, 11) is -4.66. The molecule has 1 N–H and O–H groups in total. The van der Waals surface area contributed by atoms with Crippen LogP contribution in [0.4, 0.5) is 13.2 Å². The summed E-state index contributed by atoms with van der Waals surface area (Å²) >= 11 is 5.87. The third-order valence-electron chi connectivity index (χ3n) is 7.01.